The van der Waals surface area contributed by atoms with E-state index in [1.807, 2.05) is 0 Å². The second-order valence-corrected chi connectivity index (χ2v) is 5.25. The first kappa shape index (κ1) is 16.2. The minimum absolute atomic E-state index is 0.0761. The molecule has 126 valence electrons. The molecule has 0 atom stereocenters. The van der Waals surface area contributed by atoms with E-state index >= 15 is 0 Å². The number of fused-ring (bicyclic) bond motifs is 1. The average molecular weight is 336 g/mol. The Morgan fingerprint density at radius 3 is 2.50 bits per heavy atom. The SMILES string of the molecule is C=CCc1cc2c(cc1OCc1ccccc1C(F)(F)F)OCO2. The topological polar surface area (TPSA) is 27.7 Å². The molecule has 6 heteroatoms. The number of allylic oxidation sites excluding steroid dienone is 1. The van der Waals surface area contributed by atoms with E-state index in [9.17, 15) is 13.2 Å². The second-order valence-electron chi connectivity index (χ2n) is 5.25. The van der Waals surface area contributed by atoms with E-state index in [-0.39, 0.29) is 19.0 Å². The van der Waals surface area contributed by atoms with E-state index in [0.717, 1.165) is 11.6 Å². The summed E-state index contributed by atoms with van der Waals surface area (Å²) in [5, 5.41) is 0. The van der Waals surface area contributed by atoms with Crippen molar-refractivity contribution in [1.29, 1.82) is 0 Å². The van der Waals surface area contributed by atoms with Gasteiger partial charge in [-0.2, -0.15) is 13.2 Å². The summed E-state index contributed by atoms with van der Waals surface area (Å²) in [5.41, 5.74) is 0.155. The zero-order valence-corrected chi connectivity index (χ0v) is 12.7. The fourth-order valence-corrected chi connectivity index (χ4v) is 2.49. The van der Waals surface area contributed by atoms with Crippen LogP contribution >= 0.6 is 0 Å². The van der Waals surface area contributed by atoms with Crippen molar-refractivity contribution in [2.75, 3.05) is 6.79 Å². The van der Waals surface area contributed by atoms with Crippen LogP contribution in [0.4, 0.5) is 13.2 Å². The molecule has 0 spiro atoms. The van der Waals surface area contributed by atoms with Crippen LogP contribution in [0.1, 0.15) is 16.7 Å². The molecule has 2 aromatic rings. The van der Waals surface area contributed by atoms with E-state index < -0.39 is 11.7 Å². The molecule has 0 bridgehead atoms. The third-order valence-electron chi connectivity index (χ3n) is 3.63. The zero-order valence-electron chi connectivity index (χ0n) is 12.7. The average Bonchev–Trinajstić information content (AvgIpc) is 2.99. The second kappa shape index (κ2) is 6.47. The van der Waals surface area contributed by atoms with E-state index in [2.05, 4.69) is 6.58 Å². The molecule has 1 heterocycles. The van der Waals surface area contributed by atoms with Crippen LogP contribution in [0.15, 0.2) is 49.1 Å². The number of alkyl halides is 3. The third-order valence-corrected chi connectivity index (χ3v) is 3.63. The fourth-order valence-electron chi connectivity index (χ4n) is 2.49. The standard InChI is InChI=1S/C18H15F3O3/c1-2-5-12-8-16-17(24-11-23-16)9-15(12)22-10-13-6-3-4-7-14(13)18(19,20)21/h2-4,6-9H,1,5,10-11H2. The van der Waals surface area contributed by atoms with Gasteiger partial charge in [0.1, 0.15) is 12.4 Å². The van der Waals surface area contributed by atoms with Gasteiger partial charge in [0.25, 0.3) is 0 Å². The monoisotopic (exact) mass is 336 g/mol. The summed E-state index contributed by atoms with van der Waals surface area (Å²) in [4.78, 5) is 0. The lowest BCUT2D eigenvalue weighted by Crippen LogP contribution is -2.11. The highest BCUT2D eigenvalue weighted by Gasteiger charge is 2.33. The van der Waals surface area contributed by atoms with Crippen molar-refractivity contribution >= 4 is 0 Å². The van der Waals surface area contributed by atoms with Gasteiger partial charge in [0, 0.05) is 17.2 Å². The Kier molecular flexibility index (Phi) is 4.38. The molecular formula is C18H15F3O3. The van der Waals surface area contributed by atoms with Crippen molar-refractivity contribution in [3.63, 3.8) is 0 Å². The molecular weight excluding hydrogens is 321 g/mol. The van der Waals surface area contributed by atoms with Gasteiger partial charge < -0.3 is 14.2 Å². The van der Waals surface area contributed by atoms with Gasteiger partial charge in [-0.05, 0) is 18.6 Å². The molecule has 3 nitrogen and oxygen atoms in total. The molecule has 0 saturated carbocycles. The van der Waals surface area contributed by atoms with Crippen LogP contribution in [-0.2, 0) is 19.2 Å². The maximum atomic E-state index is 13.0. The summed E-state index contributed by atoms with van der Waals surface area (Å²) in [6, 6.07) is 8.76. The summed E-state index contributed by atoms with van der Waals surface area (Å²) >= 11 is 0. The minimum Gasteiger partial charge on any atom is -0.488 e. The number of hydrogen-bond acceptors (Lipinski definition) is 3. The third kappa shape index (κ3) is 3.32. The van der Waals surface area contributed by atoms with Crippen molar-refractivity contribution in [3.05, 3.63) is 65.7 Å². The van der Waals surface area contributed by atoms with Crippen molar-refractivity contribution in [3.8, 4) is 17.2 Å². The molecule has 1 aliphatic rings. The van der Waals surface area contributed by atoms with Crippen LogP contribution in [0.5, 0.6) is 17.2 Å². The molecule has 0 fully saturated rings. The Morgan fingerprint density at radius 1 is 1.08 bits per heavy atom. The van der Waals surface area contributed by atoms with E-state index in [1.165, 1.54) is 12.1 Å². The van der Waals surface area contributed by atoms with Gasteiger partial charge in [-0.1, -0.05) is 24.3 Å². The van der Waals surface area contributed by atoms with Crippen molar-refractivity contribution in [1.82, 2.24) is 0 Å². The van der Waals surface area contributed by atoms with Crippen molar-refractivity contribution in [2.45, 2.75) is 19.2 Å². The number of hydrogen-bond donors (Lipinski definition) is 0. The first-order valence-corrected chi connectivity index (χ1v) is 7.30. The van der Waals surface area contributed by atoms with E-state index in [1.54, 1.807) is 24.3 Å². The van der Waals surface area contributed by atoms with Crippen molar-refractivity contribution < 1.29 is 27.4 Å². The zero-order chi connectivity index (χ0) is 17.2. The fraction of sp³-hybridized carbons (Fsp3) is 0.222. The highest BCUT2D eigenvalue weighted by molar-refractivity contribution is 5.52. The molecule has 0 saturated heterocycles. The molecule has 0 amide bonds. The van der Waals surface area contributed by atoms with Gasteiger partial charge in [0.15, 0.2) is 11.5 Å². The van der Waals surface area contributed by atoms with Gasteiger partial charge in [0.05, 0.1) is 5.56 Å². The molecule has 3 rings (SSSR count). The highest BCUT2D eigenvalue weighted by Crippen LogP contribution is 2.39. The summed E-state index contributed by atoms with van der Waals surface area (Å²) in [5.74, 6) is 1.56. The lowest BCUT2D eigenvalue weighted by Gasteiger charge is -2.15. The lowest BCUT2D eigenvalue weighted by molar-refractivity contribution is -0.138. The van der Waals surface area contributed by atoms with Crippen LogP contribution < -0.4 is 14.2 Å². The number of rotatable bonds is 5. The lowest BCUT2D eigenvalue weighted by atomic mass is 10.1. The molecule has 24 heavy (non-hydrogen) atoms. The van der Waals surface area contributed by atoms with Gasteiger partial charge in [-0.3, -0.25) is 0 Å². The molecule has 0 N–H and O–H groups in total. The largest absolute Gasteiger partial charge is 0.488 e. The van der Waals surface area contributed by atoms with Gasteiger partial charge in [-0.25, -0.2) is 0 Å². The summed E-state index contributed by atoms with van der Waals surface area (Å²) in [7, 11) is 0. The Bertz CT molecular complexity index is 754. The normalized spacial score (nSPS) is 13.0. The van der Waals surface area contributed by atoms with Gasteiger partial charge in [-0.15, -0.1) is 6.58 Å². The van der Waals surface area contributed by atoms with Crippen LogP contribution in [0.3, 0.4) is 0 Å². The van der Waals surface area contributed by atoms with E-state index in [4.69, 9.17) is 14.2 Å². The van der Waals surface area contributed by atoms with Gasteiger partial charge >= 0.3 is 6.18 Å². The highest BCUT2D eigenvalue weighted by atomic mass is 19.4. The number of halogens is 3. The first-order chi connectivity index (χ1) is 11.5. The molecule has 0 radical (unpaired) electrons. The smallest absolute Gasteiger partial charge is 0.416 e. The summed E-state index contributed by atoms with van der Waals surface area (Å²) in [6.45, 7) is 3.60. The Balaban J connectivity index is 1.86. The van der Waals surface area contributed by atoms with Crippen molar-refractivity contribution in [2.24, 2.45) is 0 Å². The quantitative estimate of drug-likeness (QED) is 0.738. The molecule has 2 aromatic carbocycles. The molecule has 1 aliphatic heterocycles. The molecule has 0 unspecified atom stereocenters. The molecule has 0 aromatic heterocycles. The van der Waals surface area contributed by atoms with Gasteiger partial charge in [0.2, 0.25) is 6.79 Å². The Labute approximate surface area is 137 Å². The van der Waals surface area contributed by atoms with E-state index in [0.29, 0.717) is 23.7 Å². The minimum atomic E-state index is -4.42. The molecule has 0 aliphatic carbocycles. The number of benzene rings is 2. The van der Waals surface area contributed by atoms with Crippen LogP contribution in [0.2, 0.25) is 0 Å². The maximum absolute atomic E-state index is 13.0. The first-order valence-electron chi connectivity index (χ1n) is 7.30. The Hall–Kier alpha value is -2.63. The predicted octanol–water partition coefficient (Wildman–Crippen LogP) is 4.74. The maximum Gasteiger partial charge on any atom is 0.416 e. The van der Waals surface area contributed by atoms with Crippen LogP contribution in [0, 0.1) is 0 Å². The van der Waals surface area contributed by atoms with Crippen LogP contribution in [0.25, 0.3) is 0 Å². The summed E-state index contributed by atoms with van der Waals surface area (Å²) < 4.78 is 55.4. The number of ether oxygens (including phenoxy) is 3. The predicted molar refractivity (Wildman–Crippen MR) is 82.2 cm³/mol. The summed E-state index contributed by atoms with van der Waals surface area (Å²) in [6.07, 6.45) is -2.22. The van der Waals surface area contributed by atoms with Crippen LogP contribution in [-0.4, -0.2) is 6.79 Å². The Morgan fingerprint density at radius 2 is 1.79 bits per heavy atom.